The Kier molecular flexibility index (Phi) is 6.58. The second-order valence-electron chi connectivity index (χ2n) is 11.9. The molecule has 1 aliphatic heterocycles. The molecule has 210 valence electrons. The molecule has 0 N–H and O–H groups in total. The number of Topliss-reactive ketones (excluding diaryl/α,β-unsaturated/α-hetero) is 1. The second kappa shape index (κ2) is 9.89. The van der Waals surface area contributed by atoms with Gasteiger partial charge in [-0.1, -0.05) is 68.8 Å². The number of aromatic nitrogens is 2. The molecule has 1 saturated heterocycles. The van der Waals surface area contributed by atoms with Crippen LogP contribution in [0.4, 0.5) is 4.39 Å². The summed E-state index contributed by atoms with van der Waals surface area (Å²) >= 11 is 0. The van der Waals surface area contributed by atoms with E-state index in [1.165, 1.54) is 16.4 Å². The van der Waals surface area contributed by atoms with Crippen molar-refractivity contribution in [2.24, 2.45) is 5.41 Å². The quantitative estimate of drug-likeness (QED) is 0.268. The normalized spacial score (nSPS) is 19.3. The zero-order valence-corrected chi connectivity index (χ0v) is 24.2. The van der Waals surface area contributed by atoms with Crippen LogP contribution in [0.3, 0.4) is 0 Å². The Morgan fingerprint density at radius 3 is 2.29 bits per heavy atom. The number of carbonyl (C=O) groups is 1. The number of hydrogen-bond acceptors (Lipinski definition) is 4. The molecule has 1 aromatic heterocycles. The first-order valence-corrected chi connectivity index (χ1v) is 15.2. The fourth-order valence-electron chi connectivity index (χ4n) is 5.95. The minimum Gasteiger partial charge on any atom is -0.293 e. The fourth-order valence-corrected chi connectivity index (χ4v) is 7.45. The average molecular weight is 570 g/mol. The van der Waals surface area contributed by atoms with Gasteiger partial charge in [-0.3, -0.25) is 4.79 Å². The molecule has 4 aromatic rings. The molecule has 8 heteroatoms. The van der Waals surface area contributed by atoms with Crippen molar-refractivity contribution in [3.63, 3.8) is 0 Å². The van der Waals surface area contributed by atoms with E-state index in [1.54, 1.807) is 47.3 Å². The molecule has 2 heterocycles. The van der Waals surface area contributed by atoms with E-state index in [1.807, 2.05) is 36.4 Å². The number of ketones is 1. The number of halogens is 1. The molecular formula is C33H32FN3O3S. The third-order valence-corrected chi connectivity index (χ3v) is 10.1. The standard InChI is InChI=1S/C33H32FN3O3S/c1-32(2,3)25-9-15-29(16-10-25)41(39,40)36-18-17-26-19-30-24(21-35-37(30)28-13-11-27(34)12-14-28)20-33(26,22-36)31(38)23-7-5-4-6-8-23/h4-16,19,21H,17-18,20,22H2,1-3H3. The van der Waals surface area contributed by atoms with Gasteiger partial charge in [0.25, 0.3) is 0 Å². The summed E-state index contributed by atoms with van der Waals surface area (Å²) in [6.45, 7) is 6.56. The molecule has 1 atom stereocenters. The predicted octanol–water partition coefficient (Wildman–Crippen LogP) is 6.21. The number of benzene rings is 3. The number of sulfonamides is 1. The van der Waals surface area contributed by atoms with Crippen molar-refractivity contribution in [3.05, 3.63) is 119 Å². The Bertz CT molecular complexity index is 1750. The van der Waals surface area contributed by atoms with Gasteiger partial charge in [-0.25, -0.2) is 17.5 Å². The van der Waals surface area contributed by atoms with Crippen molar-refractivity contribution in [2.45, 2.75) is 43.9 Å². The number of fused-ring (bicyclic) bond motifs is 2. The largest absolute Gasteiger partial charge is 0.293 e. The maximum Gasteiger partial charge on any atom is 0.243 e. The maximum atomic E-state index is 14.3. The molecule has 6 rings (SSSR count). The molecule has 0 saturated carbocycles. The van der Waals surface area contributed by atoms with Gasteiger partial charge in [0.05, 0.1) is 27.9 Å². The lowest BCUT2D eigenvalue weighted by atomic mass is 9.65. The number of carbonyl (C=O) groups excluding carboxylic acids is 1. The Hall–Kier alpha value is -3.88. The Morgan fingerprint density at radius 1 is 0.951 bits per heavy atom. The third kappa shape index (κ3) is 4.75. The average Bonchev–Trinajstić information content (AvgIpc) is 3.37. The molecule has 0 bridgehead atoms. The molecule has 0 spiro atoms. The first-order chi connectivity index (χ1) is 19.5. The van der Waals surface area contributed by atoms with Gasteiger partial charge < -0.3 is 0 Å². The van der Waals surface area contributed by atoms with Gasteiger partial charge in [-0.2, -0.15) is 9.40 Å². The van der Waals surface area contributed by atoms with Crippen molar-refractivity contribution in [1.29, 1.82) is 0 Å². The molecule has 41 heavy (non-hydrogen) atoms. The van der Waals surface area contributed by atoms with Crippen molar-refractivity contribution < 1.29 is 17.6 Å². The molecular weight excluding hydrogens is 537 g/mol. The first-order valence-electron chi connectivity index (χ1n) is 13.7. The van der Waals surface area contributed by atoms with E-state index >= 15 is 0 Å². The topological polar surface area (TPSA) is 72.3 Å². The van der Waals surface area contributed by atoms with Gasteiger partial charge in [0.1, 0.15) is 5.82 Å². The van der Waals surface area contributed by atoms with Gasteiger partial charge in [0.15, 0.2) is 5.78 Å². The highest BCUT2D eigenvalue weighted by atomic mass is 32.2. The van der Waals surface area contributed by atoms with Crippen LogP contribution < -0.4 is 0 Å². The highest BCUT2D eigenvalue weighted by Gasteiger charge is 2.50. The van der Waals surface area contributed by atoms with Gasteiger partial charge in [0.2, 0.25) is 10.0 Å². The van der Waals surface area contributed by atoms with Crippen LogP contribution in [0.1, 0.15) is 54.4 Å². The highest BCUT2D eigenvalue weighted by Crippen LogP contribution is 2.47. The minimum atomic E-state index is -3.85. The fraction of sp³-hybridized carbons (Fsp3) is 0.273. The molecule has 1 aliphatic carbocycles. The van der Waals surface area contributed by atoms with Crippen molar-refractivity contribution >= 4 is 21.9 Å². The first kappa shape index (κ1) is 27.3. The lowest BCUT2D eigenvalue weighted by Gasteiger charge is -2.45. The Balaban J connectivity index is 1.41. The number of piperidine rings is 1. The SMILES string of the molecule is CC(C)(C)c1ccc(S(=O)(=O)N2CCC3=Cc4c(cnn4-c4ccc(F)cc4)CC3(C(=O)c3ccccc3)C2)cc1. The number of rotatable bonds is 5. The van der Waals surface area contributed by atoms with Gasteiger partial charge in [-0.05, 0) is 71.9 Å². The summed E-state index contributed by atoms with van der Waals surface area (Å²) in [6, 6.07) is 22.2. The smallest absolute Gasteiger partial charge is 0.243 e. The van der Waals surface area contributed by atoms with E-state index < -0.39 is 15.4 Å². The van der Waals surface area contributed by atoms with E-state index in [0.717, 1.165) is 22.4 Å². The molecule has 1 unspecified atom stereocenters. The summed E-state index contributed by atoms with van der Waals surface area (Å²) < 4.78 is 44.7. The van der Waals surface area contributed by atoms with Crippen LogP contribution in [0, 0.1) is 11.2 Å². The molecule has 0 amide bonds. The summed E-state index contributed by atoms with van der Waals surface area (Å²) in [5.41, 5.74) is 3.70. The summed E-state index contributed by atoms with van der Waals surface area (Å²) in [5.74, 6) is -0.435. The van der Waals surface area contributed by atoms with Gasteiger partial charge in [0, 0.05) is 18.7 Å². The lowest BCUT2D eigenvalue weighted by molar-refractivity contribution is 0.0775. The van der Waals surface area contributed by atoms with E-state index in [-0.39, 0.29) is 35.0 Å². The van der Waals surface area contributed by atoms with Crippen LogP contribution in [-0.2, 0) is 21.9 Å². The summed E-state index contributed by atoms with van der Waals surface area (Å²) in [5, 5.41) is 4.57. The van der Waals surface area contributed by atoms with Crippen LogP contribution in [0.15, 0.2) is 95.5 Å². The third-order valence-electron chi connectivity index (χ3n) is 8.28. The summed E-state index contributed by atoms with van der Waals surface area (Å²) in [4.78, 5) is 14.5. The zero-order chi connectivity index (χ0) is 29.0. The van der Waals surface area contributed by atoms with Crippen molar-refractivity contribution in [1.82, 2.24) is 14.1 Å². The summed E-state index contributed by atoms with van der Waals surface area (Å²) in [7, 11) is -3.85. The Labute approximate surface area is 240 Å². The number of hydrogen-bond donors (Lipinski definition) is 0. The van der Waals surface area contributed by atoms with Crippen LogP contribution in [0.2, 0.25) is 0 Å². The van der Waals surface area contributed by atoms with Crippen LogP contribution in [0.25, 0.3) is 11.8 Å². The monoisotopic (exact) mass is 569 g/mol. The van der Waals surface area contributed by atoms with E-state index in [9.17, 15) is 17.6 Å². The minimum absolute atomic E-state index is 0.0388. The second-order valence-corrected chi connectivity index (χ2v) is 13.9. The van der Waals surface area contributed by atoms with Crippen molar-refractivity contribution in [2.75, 3.05) is 13.1 Å². The zero-order valence-electron chi connectivity index (χ0n) is 23.3. The van der Waals surface area contributed by atoms with Crippen LogP contribution >= 0.6 is 0 Å². The molecule has 6 nitrogen and oxygen atoms in total. The summed E-state index contributed by atoms with van der Waals surface area (Å²) in [6.07, 6.45) is 4.44. The van der Waals surface area contributed by atoms with Crippen LogP contribution in [-0.4, -0.2) is 41.4 Å². The molecule has 2 aliphatic rings. The van der Waals surface area contributed by atoms with Crippen LogP contribution in [0.5, 0.6) is 0 Å². The lowest BCUT2D eigenvalue weighted by Crippen LogP contribution is -2.53. The van der Waals surface area contributed by atoms with Gasteiger partial charge in [-0.15, -0.1) is 0 Å². The highest BCUT2D eigenvalue weighted by molar-refractivity contribution is 7.89. The molecule has 0 radical (unpaired) electrons. The molecule has 3 aromatic carbocycles. The number of nitrogens with zero attached hydrogens (tertiary/aromatic N) is 3. The maximum absolute atomic E-state index is 14.3. The Morgan fingerprint density at radius 2 is 1.63 bits per heavy atom. The van der Waals surface area contributed by atoms with E-state index in [4.69, 9.17) is 0 Å². The van der Waals surface area contributed by atoms with Crippen molar-refractivity contribution in [3.8, 4) is 5.69 Å². The van der Waals surface area contributed by atoms with E-state index in [2.05, 4.69) is 25.9 Å². The molecule has 1 fully saturated rings. The predicted molar refractivity (Wildman–Crippen MR) is 157 cm³/mol. The van der Waals surface area contributed by atoms with E-state index in [0.29, 0.717) is 24.1 Å². The van der Waals surface area contributed by atoms with Gasteiger partial charge >= 0.3 is 0 Å².